The average molecular weight is 324 g/mol. The topological polar surface area (TPSA) is 31.6 Å². The van der Waals surface area contributed by atoms with E-state index in [4.69, 9.17) is 13.7 Å². The second-order valence-corrected chi connectivity index (χ2v) is 8.69. The second-order valence-electron chi connectivity index (χ2n) is 8.69. The van der Waals surface area contributed by atoms with Crippen molar-refractivity contribution in [2.24, 2.45) is 17.3 Å². The summed E-state index contributed by atoms with van der Waals surface area (Å²) in [6, 6.07) is 8.22. The van der Waals surface area contributed by atoms with Crippen molar-refractivity contribution >= 4 is 18.1 Å². The number of furan rings is 1. The molecule has 3 nitrogen and oxygen atoms in total. The smallest absolute Gasteiger partial charge is 0.457 e. The highest BCUT2D eigenvalue weighted by Gasteiger charge is 2.67. The Morgan fingerprint density at radius 2 is 2.00 bits per heavy atom. The van der Waals surface area contributed by atoms with Crippen LogP contribution in [-0.2, 0) is 15.7 Å². The van der Waals surface area contributed by atoms with Gasteiger partial charge < -0.3 is 13.7 Å². The van der Waals surface area contributed by atoms with Gasteiger partial charge in [-0.2, -0.15) is 0 Å². The van der Waals surface area contributed by atoms with Crippen molar-refractivity contribution in [2.45, 2.75) is 58.1 Å². The zero-order valence-corrected chi connectivity index (χ0v) is 14.7. The van der Waals surface area contributed by atoms with Crippen LogP contribution in [0.1, 0.15) is 39.2 Å². The summed E-state index contributed by atoms with van der Waals surface area (Å²) in [6.45, 7) is 7.09. The fourth-order valence-electron chi connectivity index (χ4n) is 5.58. The van der Waals surface area contributed by atoms with E-state index >= 15 is 0 Å². The molecule has 3 saturated carbocycles. The van der Waals surface area contributed by atoms with Gasteiger partial charge in [-0.3, -0.25) is 0 Å². The van der Waals surface area contributed by atoms with Crippen molar-refractivity contribution in [1.82, 2.24) is 0 Å². The van der Waals surface area contributed by atoms with Crippen molar-refractivity contribution < 1.29 is 13.7 Å². The van der Waals surface area contributed by atoms with Crippen molar-refractivity contribution in [3.8, 4) is 0 Å². The van der Waals surface area contributed by atoms with Crippen LogP contribution in [0.2, 0.25) is 6.32 Å². The highest BCUT2D eigenvalue weighted by molar-refractivity contribution is 6.45. The van der Waals surface area contributed by atoms with Crippen molar-refractivity contribution in [2.75, 3.05) is 0 Å². The molecule has 1 aromatic carbocycles. The molecule has 2 unspecified atom stereocenters. The predicted molar refractivity (Wildman–Crippen MR) is 94.8 cm³/mol. The van der Waals surface area contributed by atoms with Crippen LogP contribution in [0.25, 0.3) is 11.0 Å². The Hall–Kier alpha value is -1.26. The van der Waals surface area contributed by atoms with Crippen LogP contribution in [-0.4, -0.2) is 18.8 Å². The molecular formula is C20H25BO3. The Morgan fingerprint density at radius 3 is 2.83 bits per heavy atom. The fourth-order valence-corrected chi connectivity index (χ4v) is 5.58. The third kappa shape index (κ3) is 1.93. The van der Waals surface area contributed by atoms with Gasteiger partial charge in [0.1, 0.15) is 5.58 Å². The monoisotopic (exact) mass is 324 g/mol. The summed E-state index contributed by atoms with van der Waals surface area (Å²) < 4.78 is 18.5. The number of aryl methyl sites for hydroxylation is 1. The molecule has 4 fully saturated rings. The highest BCUT2D eigenvalue weighted by Crippen LogP contribution is 2.65. The third-order valence-corrected chi connectivity index (χ3v) is 7.21. The summed E-state index contributed by atoms with van der Waals surface area (Å²) in [4.78, 5) is 0. The van der Waals surface area contributed by atoms with E-state index in [0.29, 0.717) is 11.3 Å². The summed E-state index contributed by atoms with van der Waals surface area (Å²) in [5.74, 6) is 1.44. The minimum Gasteiger partial charge on any atom is -0.464 e. The number of hydrogen-bond acceptors (Lipinski definition) is 3. The molecule has 0 N–H and O–H groups in total. The van der Waals surface area contributed by atoms with E-state index in [1.165, 1.54) is 17.4 Å². The molecule has 4 aliphatic rings. The number of para-hydroxylation sites is 1. The molecule has 2 bridgehead atoms. The van der Waals surface area contributed by atoms with Gasteiger partial charge in [0.15, 0.2) is 0 Å². The Morgan fingerprint density at radius 1 is 1.17 bits per heavy atom. The van der Waals surface area contributed by atoms with Gasteiger partial charge in [0.2, 0.25) is 0 Å². The van der Waals surface area contributed by atoms with Gasteiger partial charge in [0.25, 0.3) is 0 Å². The molecule has 2 heterocycles. The Balaban J connectivity index is 1.30. The predicted octanol–water partition coefficient (Wildman–Crippen LogP) is 4.70. The molecule has 4 heteroatoms. The maximum Gasteiger partial charge on any atom is 0.457 e. The van der Waals surface area contributed by atoms with Gasteiger partial charge in [-0.25, -0.2) is 0 Å². The standard InChI is InChI=1S/C20H25BO3/c1-19(2)14-10-17(19)20(3)18(11-14)23-21(24-20)9-8-13-12-22-16-7-5-4-6-15(13)16/h4-7,12,14,17-18H,8-11H2,1-3H3/t14?,17?,18-,20+/m1/s1. The number of fused-ring (bicyclic) bond motifs is 1. The SMILES string of the molecule is CC1(C)C2CC1[C@]1(C)OB(CCc3coc4ccccc34)O[C@@H]1C2. The first-order chi connectivity index (χ1) is 11.5. The van der Waals surface area contributed by atoms with Crippen LogP contribution >= 0.6 is 0 Å². The molecule has 4 atom stereocenters. The lowest BCUT2D eigenvalue weighted by Gasteiger charge is -2.64. The average Bonchev–Trinajstić information content (AvgIpc) is 3.12. The zero-order chi connectivity index (χ0) is 16.5. The molecule has 126 valence electrons. The minimum absolute atomic E-state index is 0.0798. The zero-order valence-electron chi connectivity index (χ0n) is 14.7. The van der Waals surface area contributed by atoms with Crippen molar-refractivity contribution in [3.05, 3.63) is 36.1 Å². The fraction of sp³-hybridized carbons (Fsp3) is 0.600. The first kappa shape index (κ1) is 15.0. The number of hydrogen-bond donors (Lipinski definition) is 0. The third-order valence-electron chi connectivity index (χ3n) is 7.21. The van der Waals surface area contributed by atoms with Crippen LogP contribution in [0.15, 0.2) is 34.9 Å². The Labute approximate surface area is 143 Å². The van der Waals surface area contributed by atoms with E-state index in [1.54, 1.807) is 0 Å². The molecule has 24 heavy (non-hydrogen) atoms. The minimum atomic E-state index is -0.0959. The lowest BCUT2D eigenvalue weighted by atomic mass is 9.43. The lowest BCUT2D eigenvalue weighted by molar-refractivity contribution is -0.199. The first-order valence-electron chi connectivity index (χ1n) is 9.27. The van der Waals surface area contributed by atoms with Crippen LogP contribution < -0.4 is 0 Å². The van der Waals surface area contributed by atoms with Crippen LogP contribution in [0.3, 0.4) is 0 Å². The van der Waals surface area contributed by atoms with Gasteiger partial charge in [-0.05, 0) is 61.4 Å². The normalized spacial score (nSPS) is 36.6. The summed E-state index contributed by atoms with van der Waals surface area (Å²) in [5, 5.41) is 1.21. The Kier molecular flexibility index (Phi) is 3.06. The first-order valence-corrected chi connectivity index (χ1v) is 9.27. The molecule has 0 amide bonds. The van der Waals surface area contributed by atoms with Crippen molar-refractivity contribution in [3.63, 3.8) is 0 Å². The van der Waals surface area contributed by atoms with E-state index in [0.717, 1.165) is 30.7 Å². The van der Waals surface area contributed by atoms with E-state index in [1.807, 2.05) is 18.4 Å². The molecule has 1 aromatic heterocycles. The van der Waals surface area contributed by atoms with E-state index in [9.17, 15) is 0 Å². The molecule has 2 aromatic rings. The van der Waals surface area contributed by atoms with Crippen molar-refractivity contribution in [1.29, 1.82) is 0 Å². The van der Waals surface area contributed by atoms with Gasteiger partial charge >= 0.3 is 7.12 Å². The van der Waals surface area contributed by atoms with Gasteiger partial charge in [-0.1, -0.05) is 32.0 Å². The summed E-state index contributed by atoms with van der Waals surface area (Å²) in [5.41, 5.74) is 2.53. The van der Waals surface area contributed by atoms with E-state index in [2.05, 4.69) is 32.9 Å². The molecule has 0 radical (unpaired) electrons. The molecule has 1 saturated heterocycles. The lowest BCUT2D eigenvalue weighted by Crippen LogP contribution is -2.65. The van der Waals surface area contributed by atoms with Gasteiger partial charge in [-0.15, -0.1) is 0 Å². The maximum absolute atomic E-state index is 6.50. The summed E-state index contributed by atoms with van der Waals surface area (Å²) in [6.07, 6.45) is 6.46. The Bertz CT molecular complexity index is 782. The van der Waals surface area contributed by atoms with Crippen LogP contribution in [0.5, 0.6) is 0 Å². The number of rotatable bonds is 3. The molecule has 3 aliphatic carbocycles. The molecule has 0 spiro atoms. The highest BCUT2D eigenvalue weighted by atomic mass is 16.7. The van der Waals surface area contributed by atoms with Gasteiger partial charge in [0.05, 0.1) is 18.0 Å². The largest absolute Gasteiger partial charge is 0.464 e. The quantitative estimate of drug-likeness (QED) is 0.767. The number of benzene rings is 1. The molecule has 1 aliphatic heterocycles. The maximum atomic E-state index is 6.50. The molecule has 6 rings (SSSR count). The molecular weight excluding hydrogens is 299 g/mol. The van der Waals surface area contributed by atoms with Crippen LogP contribution in [0.4, 0.5) is 0 Å². The van der Waals surface area contributed by atoms with E-state index < -0.39 is 0 Å². The second kappa shape index (κ2) is 4.89. The summed E-state index contributed by atoms with van der Waals surface area (Å²) in [7, 11) is -0.0798. The summed E-state index contributed by atoms with van der Waals surface area (Å²) >= 11 is 0. The van der Waals surface area contributed by atoms with Crippen LogP contribution in [0, 0.1) is 17.3 Å². The van der Waals surface area contributed by atoms with E-state index in [-0.39, 0.29) is 18.8 Å². The van der Waals surface area contributed by atoms with Gasteiger partial charge in [0, 0.05) is 5.39 Å².